The summed E-state index contributed by atoms with van der Waals surface area (Å²) < 4.78 is 0. The zero-order valence-electron chi connectivity index (χ0n) is 9.52. The number of rotatable bonds is 6. The smallest absolute Gasteiger partial charge is 0.0463 e. The van der Waals surface area contributed by atoms with Gasteiger partial charge in [0.05, 0.1) is 0 Å². The van der Waals surface area contributed by atoms with E-state index in [0.717, 1.165) is 12.2 Å². The molecule has 2 nitrogen and oxygen atoms in total. The Balaban J connectivity index is 2.72. The molecule has 0 radical (unpaired) electrons. The normalized spacial score (nSPS) is 14.9. The Hall–Kier alpha value is -0.540. The molecule has 0 saturated heterocycles. The van der Waals surface area contributed by atoms with Gasteiger partial charge in [-0.3, -0.25) is 4.98 Å². The molecule has 2 atom stereocenters. The van der Waals surface area contributed by atoms with Gasteiger partial charge in [0.15, 0.2) is 0 Å². The van der Waals surface area contributed by atoms with E-state index >= 15 is 0 Å². The minimum Gasteiger partial charge on any atom is -0.326 e. The van der Waals surface area contributed by atoms with Crippen LogP contribution in [0.5, 0.6) is 0 Å². The predicted octanol–water partition coefficient (Wildman–Crippen LogP) is 3.00. The molecule has 0 saturated carbocycles. The van der Waals surface area contributed by atoms with Crippen LogP contribution in [0.4, 0.5) is 0 Å². The molecular formula is C12H20N2S. The van der Waals surface area contributed by atoms with Crippen molar-refractivity contribution < 1.29 is 0 Å². The third-order valence-corrected chi connectivity index (χ3v) is 4.00. The largest absolute Gasteiger partial charge is 0.326 e. The number of hydrogen-bond donors (Lipinski definition) is 1. The van der Waals surface area contributed by atoms with E-state index in [-0.39, 0.29) is 6.04 Å². The van der Waals surface area contributed by atoms with Gasteiger partial charge >= 0.3 is 0 Å². The number of aromatic nitrogens is 1. The van der Waals surface area contributed by atoms with Crippen LogP contribution in [0.15, 0.2) is 24.5 Å². The molecule has 3 heteroatoms. The summed E-state index contributed by atoms with van der Waals surface area (Å²) in [6.45, 7) is 4.34. The van der Waals surface area contributed by atoms with Crippen molar-refractivity contribution in [3.05, 3.63) is 30.1 Å². The topological polar surface area (TPSA) is 38.9 Å². The first-order valence-electron chi connectivity index (χ1n) is 5.56. The van der Waals surface area contributed by atoms with Crippen LogP contribution in [0, 0.1) is 0 Å². The van der Waals surface area contributed by atoms with Crippen LogP contribution < -0.4 is 5.73 Å². The molecule has 0 amide bonds. The Labute approximate surface area is 96.7 Å². The molecule has 0 aliphatic carbocycles. The quantitative estimate of drug-likeness (QED) is 0.807. The fraction of sp³-hybridized carbons (Fsp3) is 0.583. The van der Waals surface area contributed by atoms with Crippen LogP contribution >= 0.6 is 11.8 Å². The molecule has 0 aliphatic rings. The third kappa shape index (κ3) is 3.84. The predicted molar refractivity (Wildman–Crippen MR) is 68.0 cm³/mol. The minimum absolute atomic E-state index is 0.228. The van der Waals surface area contributed by atoms with E-state index < -0.39 is 0 Å². The van der Waals surface area contributed by atoms with Gasteiger partial charge in [-0.05, 0) is 30.2 Å². The van der Waals surface area contributed by atoms with Gasteiger partial charge in [-0.2, -0.15) is 11.8 Å². The number of nitrogens with zero attached hydrogens (tertiary/aromatic N) is 1. The molecule has 0 fully saturated rings. The van der Waals surface area contributed by atoms with Crippen molar-refractivity contribution in [3.8, 4) is 0 Å². The van der Waals surface area contributed by atoms with Gasteiger partial charge in [-0.1, -0.05) is 19.9 Å². The van der Waals surface area contributed by atoms with Gasteiger partial charge < -0.3 is 5.73 Å². The lowest BCUT2D eigenvalue weighted by molar-refractivity contribution is 0.632. The Bertz CT molecular complexity index is 264. The van der Waals surface area contributed by atoms with Gasteiger partial charge in [-0.25, -0.2) is 0 Å². The van der Waals surface area contributed by atoms with E-state index in [1.807, 2.05) is 30.2 Å². The highest BCUT2D eigenvalue weighted by atomic mass is 32.2. The maximum atomic E-state index is 6.14. The molecule has 2 N–H and O–H groups in total. The molecular weight excluding hydrogens is 204 g/mol. The monoisotopic (exact) mass is 224 g/mol. The first-order chi connectivity index (χ1) is 7.29. The van der Waals surface area contributed by atoms with Gasteiger partial charge in [0.2, 0.25) is 0 Å². The maximum absolute atomic E-state index is 6.14. The molecule has 1 aromatic rings. The number of pyridine rings is 1. The van der Waals surface area contributed by atoms with E-state index in [1.165, 1.54) is 12.0 Å². The summed E-state index contributed by atoms with van der Waals surface area (Å²) in [6.07, 6.45) is 5.94. The molecule has 1 rings (SSSR count). The molecule has 15 heavy (non-hydrogen) atoms. The lowest BCUT2D eigenvalue weighted by Gasteiger charge is -2.22. The van der Waals surface area contributed by atoms with Crippen LogP contribution in [0.3, 0.4) is 0 Å². The van der Waals surface area contributed by atoms with E-state index in [1.54, 1.807) is 0 Å². The minimum atomic E-state index is 0.228. The van der Waals surface area contributed by atoms with E-state index in [0.29, 0.717) is 5.25 Å². The molecule has 1 aromatic heterocycles. The van der Waals surface area contributed by atoms with Gasteiger partial charge in [-0.15, -0.1) is 0 Å². The summed E-state index contributed by atoms with van der Waals surface area (Å²) in [5.41, 5.74) is 7.40. The Morgan fingerprint density at radius 2 is 2.27 bits per heavy atom. The zero-order valence-corrected chi connectivity index (χ0v) is 10.3. The molecule has 0 aromatic carbocycles. The molecule has 84 valence electrons. The summed E-state index contributed by atoms with van der Waals surface area (Å²) in [6, 6.07) is 4.33. The van der Waals surface area contributed by atoms with Crippen LogP contribution in [-0.2, 0) is 0 Å². The summed E-state index contributed by atoms with van der Waals surface area (Å²) in [7, 11) is 0. The van der Waals surface area contributed by atoms with Crippen molar-refractivity contribution in [1.82, 2.24) is 4.98 Å². The molecule has 1 heterocycles. The van der Waals surface area contributed by atoms with Crippen molar-refractivity contribution in [3.63, 3.8) is 0 Å². The second-order valence-electron chi connectivity index (χ2n) is 3.65. The lowest BCUT2D eigenvalue weighted by atomic mass is 10.1. The van der Waals surface area contributed by atoms with Crippen molar-refractivity contribution in [2.75, 3.05) is 5.75 Å². The van der Waals surface area contributed by atoms with E-state index in [4.69, 9.17) is 5.73 Å². The van der Waals surface area contributed by atoms with Crippen LogP contribution in [0.1, 0.15) is 37.5 Å². The molecule has 0 bridgehead atoms. The van der Waals surface area contributed by atoms with E-state index in [9.17, 15) is 0 Å². The average Bonchev–Trinajstić information content (AvgIpc) is 2.30. The fourth-order valence-corrected chi connectivity index (χ4v) is 2.73. The van der Waals surface area contributed by atoms with Crippen LogP contribution in [0.2, 0.25) is 0 Å². The van der Waals surface area contributed by atoms with Crippen LogP contribution in [0.25, 0.3) is 0 Å². The standard InChI is InChI=1S/C12H20N2S/c1-3-8-15-12(11(13)4-2)10-6-5-7-14-9-10/h5-7,9,11-12H,3-4,8,13H2,1-2H3. The van der Waals surface area contributed by atoms with Gasteiger partial charge in [0, 0.05) is 23.7 Å². The fourth-order valence-electron chi connectivity index (χ4n) is 1.47. The molecule has 0 aliphatic heterocycles. The Morgan fingerprint density at radius 3 is 2.80 bits per heavy atom. The van der Waals surface area contributed by atoms with Gasteiger partial charge in [0.25, 0.3) is 0 Å². The SMILES string of the molecule is CCCSC(c1cccnc1)C(N)CC. The number of hydrogen-bond acceptors (Lipinski definition) is 3. The van der Waals surface area contributed by atoms with Crippen molar-refractivity contribution in [1.29, 1.82) is 0 Å². The van der Waals surface area contributed by atoms with E-state index in [2.05, 4.69) is 24.9 Å². The molecule has 0 spiro atoms. The highest BCUT2D eigenvalue weighted by Gasteiger charge is 2.18. The van der Waals surface area contributed by atoms with Crippen molar-refractivity contribution in [2.24, 2.45) is 5.73 Å². The maximum Gasteiger partial charge on any atom is 0.0463 e. The second kappa shape index (κ2) is 6.85. The Morgan fingerprint density at radius 1 is 1.47 bits per heavy atom. The first-order valence-corrected chi connectivity index (χ1v) is 6.61. The summed E-state index contributed by atoms with van der Waals surface area (Å²) in [5.74, 6) is 1.16. The summed E-state index contributed by atoms with van der Waals surface area (Å²) >= 11 is 1.94. The zero-order chi connectivity index (χ0) is 11.1. The molecule has 2 unspecified atom stereocenters. The third-order valence-electron chi connectivity index (χ3n) is 2.37. The van der Waals surface area contributed by atoms with Crippen molar-refractivity contribution in [2.45, 2.75) is 38.0 Å². The number of nitrogens with two attached hydrogens (primary N) is 1. The average molecular weight is 224 g/mol. The van der Waals surface area contributed by atoms with Crippen LogP contribution in [-0.4, -0.2) is 16.8 Å². The van der Waals surface area contributed by atoms with Gasteiger partial charge in [0.1, 0.15) is 0 Å². The highest BCUT2D eigenvalue weighted by Crippen LogP contribution is 2.32. The second-order valence-corrected chi connectivity index (χ2v) is 4.90. The number of thioether (sulfide) groups is 1. The first kappa shape index (κ1) is 12.5. The summed E-state index contributed by atoms with van der Waals surface area (Å²) in [4.78, 5) is 4.16. The summed E-state index contributed by atoms with van der Waals surface area (Å²) in [5, 5.41) is 0.392. The van der Waals surface area contributed by atoms with Crippen molar-refractivity contribution >= 4 is 11.8 Å². The Kier molecular flexibility index (Phi) is 5.73. The lowest BCUT2D eigenvalue weighted by Crippen LogP contribution is -2.26. The highest BCUT2D eigenvalue weighted by molar-refractivity contribution is 7.99.